The van der Waals surface area contributed by atoms with Gasteiger partial charge in [-0.1, -0.05) is 84.9 Å². The number of furan rings is 2. The van der Waals surface area contributed by atoms with Crippen LogP contribution in [0.1, 0.15) is 0 Å². The molecule has 3 heterocycles. The highest BCUT2D eigenvalue weighted by Crippen LogP contribution is 2.38. The summed E-state index contributed by atoms with van der Waals surface area (Å²) in [5, 5.41) is 7.02. The molecule has 0 N–H and O–H groups in total. The number of nitrogens with zero attached hydrogens (tertiary/aromatic N) is 1. The van der Waals surface area contributed by atoms with Crippen molar-refractivity contribution in [2.24, 2.45) is 0 Å². The Kier molecular flexibility index (Phi) is 5.00. The van der Waals surface area contributed by atoms with Crippen LogP contribution in [0.2, 0.25) is 0 Å². The van der Waals surface area contributed by atoms with E-state index in [0.717, 1.165) is 49.6 Å². The predicted octanol–water partition coefficient (Wildman–Crippen LogP) is 11.9. The normalized spacial score (nSPS) is 12.0. The molecule has 3 nitrogen and oxygen atoms in total. The number of hydrogen-bond acceptors (Lipinski definition) is 2. The van der Waals surface area contributed by atoms with Crippen molar-refractivity contribution in [2.45, 2.75) is 0 Å². The lowest BCUT2D eigenvalue weighted by molar-refractivity contribution is 0.668. The monoisotopic (exact) mass is 575 g/mol. The van der Waals surface area contributed by atoms with Crippen LogP contribution in [0, 0.1) is 0 Å². The predicted molar refractivity (Wildman–Crippen MR) is 186 cm³/mol. The summed E-state index contributed by atoms with van der Waals surface area (Å²) in [5.41, 5.74) is 11.9. The number of benzene rings is 7. The zero-order chi connectivity index (χ0) is 29.5. The van der Waals surface area contributed by atoms with Crippen LogP contribution in [0.3, 0.4) is 0 Å². The highest BCUT2D eigenvalue weighted by Gasteiger charge is 2.16. The zero-order valence-corrected chi connectivity index (χ0v) is 24.2. The van der Waals surface area contributed by atoms with Crippen molar-refractivity contribution in [1.29, 1.82) is 0 Å². The summed E-state index contributed by atoms with van der Waals surface area (Å²) < 4.78 is 14.6. The molecule has 210 valence electrons. The third-order valence-corrected chi connectivity index (χ3v) is 9.20. The Morgan fingerprint density at radius 3 is 1.56 bits per heavy atom. The van der Waals surface area contributed by atoms with Crippen LogP contribution < -0.4 is 0 Å². The second-order valence-electron chi connectivity index (χ2n) is 11.8. The largest absolute Gasteiger partial charge is 0.456 e. The molecule has 0 radical (unpaired) electrons. The van der Waals surface area contributed by atoms with Gasteiger partial charge in [-0.15, -0.1) is 0 Å². The molecule has 0 aliphatic heterocycles. The molecule has 3 heteroatoms. The first-order valence-corrected chi connectivity index (χ1v) is 15.3. The molecular weight excluding hydrogens is 550 g/mol. The van der Waals surface area contributed by atoms with Gasteiger partial charge in [-0.2, -0.15) is 0 Å². The Bertz CT molecular complexity index is 2770. The molecule has 0 bridgehead atoms. The molecule has 0 spiro atoms. The minimum absolute atomic E-state index is 0.906. The van der Waals surface area contributed by atoms with Crippen LogP contribution >= 0.6 is 0 Å². The van der Waals surface area contributed by atoms with Crippen molar-refractivity contribution < 1.29 is 8.83 Å². The van der Waals surface area contributed by atoms with Gasteiger partial charge in [0, 0.05) is 38.0 Å². The molecule has 10 aromatic rings. The van der Waals surface area contributed by atoms with Gasteiger partial charge in [-0.05, 0) is 89.0 Å². The van der Waals surface area contributed by atoms with Crippen LogP contribution in [-0.4, -0.2) is 4.57 Å². The number of fused-ring (bicyclic) bond motifs is 9. The molecule has 0 unspecified atom stereocenters. The van der Waals surface area contributed by atoms with Gasteiger partial charge in [0.2, 0.25) is 0 Å². The van der Waals surface area contributed by atoms with E-state index in [4.69, 9.17) is 8.83 Å². The van der Waals surface area contributed by atoms with E-state index in [0.29, 0.717) is 0 Å². The Balaban J connectivity index is 1.12. The third kappa shape index (κ3) is 3.65. The number of aromatic nitrogens is 1. The first-order chi connectivity index (χ1) is 22.3. The molecule has 0 aliphatic carbocycles. The van der Waals surface area contributed by atoms with E-state index in [2.05, 4.69) is 132 Å². The molecule has 10 rings (SSSR count). The van der Waals surface area contributed by atoms with Gasteiger partial charge in [0.1, 0.15) is 22.3 Å². The summed E-state index contributed by atoms with van der Waals surface area (Å²) in [5.74, 6) is 0. The van der Waals surface area contributed by atoms with E-state index in [-0.39, 0.29) is 0 Å². The lowest BCUT2D eigenvalue weighted by Crippen LogP contribution is -1.93. The van der Waals surface area contributed by atoms with E-state index in [1.165, 1.54) is 44.1 Å². The van der Waals surface area contributed by atoms with Gasteiger partial charge in [-0.3, -0.25) is 0 Å². The number of para-hydroxylation sites is 3. The lowest BCUT2D eigenvalue weighted by Gasteiger charge is -2.09. The Labute approximate surface area is 258 Å². The fourth-order valence-electron chi connectivity index (χ4n) is 7.07. The van der Waals surface area contributed by atoms with Crippen molar-refractivity contribution in [3.8, 4) is 27.9 Å². The van der Waals surface area contributed by atoms with Crippen LogP contribution in [-0.2, 0) is 0 Å². The van der Waals surface area contributed by atoms with Crippen molar-refractivity contribution in [2.75, 3.05) is 0 Å². The highest BCUT2D eigenvalue weighted by atomic mass is 16.3. The smallest absolute Gasteiger partial charge is 0.135 e. The molecule has 0 saturated carbocycles. The molecule has 7 aromatic carbocycles. The first-order valence-electron chi connectivity index (χ1n) is 15.3. The Morgan fingerprint density at radius 1 is 0.311 bits per heavy atom. The molecule has 0 saturated heterocycles. The van der Waals surface area contributed by atoms with Crippen LogP contribution in [0.15, 0.2) is 160 Å². The Morgan fingerprint density at radius 2 is 0.822 bits per heavy atom. The third-order valence-electron chi connectivity index (χ3n) is 9.20. The van der Waals surface area contributed by atoms with Crippen molar-refractivity contribution in [1.82, 2.24) is 4.57 Å². The quantitative estimate of drug-likeness (QED) is 0.210. The van der Waals surface area contributed by atoms with Crippen LogP contribution in [0.5, 0.6) is 0 Å². The van der Waals surface area contributed by atoms with Crippen molar-refractivity contribution >= 4 is 65.7 Å². The van der Waals surface area contributed by atoms with Crippen molar-refractivity contribution in [3.05, 3.63) is 152 Å². The summed E-state index contributed by atoms with van der Waals surface area (Å²) in [6.45, 7) is 0. The molecular formula is C42H25NO2. The summed E-state index contributed by atoms with van der Waals surface area (Å²) in [6.07, 6.45) is 0. The summed E-state index contributed by atoms with van der Waals surface area (Å²) in [4.78, 5) is 0. The van der Waals surface area contributed by atoms with Crippen molar-refractivity contribution in [3.63, 3.8) is 0 Å². The maximum atomic E-state index is 6.13. The lowest BCUT2D eigenvalue weighted by atomic mass is 9.97. The summed E-state index contributed by atoms with van der Waals surface area (Å²) in [6, 6.07) is 53.8. The standard InChI is InChI=1S/C42H25NO2/c1-4-13-37-31(10-1)34-23-28(16-19-38(34)43(37)30-18-21-42-36(25-30)33-12-3-6-15-40(33)45-42)26-8-7-9-27(22-26)29-17-20-41-35(24-29)32-11-2-5-14-39(32)44-41/h1-25H. The Hall–Kier alpha value is -6.06. The van der Waals surface area contributed by atoms with Crippen LogP contribution in [0.4, 0.5) is 0 Å². The first kappa shape index (κ1) is 24.4. The molecule has 45 heavy (non-hydrogen) atoms. The average Bonchev–Trinajstić information content (AvgIpc) is 3.77. The minimum Gasteiger partial charge on any atom is -0.456 e. The molecule has 3 aromatic heterocycles. The van der Waals surface area contributed by atoms with Gasteiger partial charge in [-0.25, -0.2) is 0 Å². The molecule has 0 atom stereocenters. The van der Waals surface area contributed by atoms with E-state index in [1.54, 1.807) is 0 Å². The SMILES string of the molecule is c1cc(-c2ccc3oc4ccccc4c3c2)cc(-c2ccc3c(c2)c2ccccc2n3-c2ccc3oc4ccccc4c3c2)c1. The average molecular weight is 576 g/mol. The van der Waals surface area contributed by atoms with Gasteiger partial charge in [0.25, 0.3) is 0 Å². The second-order valence-corrected chi connectivity index (χ2v) is 11.8. The molecule has 0 amide bonds. The maximum absolute atomic E-state index is 6.13. The maximum Gasteiger partial charge on any atom is 0.135 e. The highest BCUT2D eigenvalue weighted by molar-refractivity contribution is 6.12. The van der Waals surface area contributed by atoms with E-state index >= 15 is 0 Å². The fourth-order valence-corrected chi connectivity index (χ4v) is 7.07. The van der Waals surface area contributed by atoms with Gasteiger partial charge in [0.05, 0.1) is 11.0 Å². The zero-order valence-electron chi connectivity index (χ0n) is 24.2. The number of hydrogen-bond donors (Lipinski definition) is 0. The van der Waals surface area contributed by atoms with E-state index in [9.17, 15) is 0 Å². The molecule has 0 aliphatic rings. The topological polar surface area (TPSA) is 31.2 Å². The minimum atomic E-state index is 0.906. The van der Waals surface area contributed by atoms with Crippen LogP contribution in [0.25, 0.3) is 93.6 Å². The number of rotatable bonds is 3. The summed E-state index contributed by atoms with van der Waals surface area (Å²) >= 11 is 0. The molecule has 0 fully saturated rings. The van der Waals surface area contributed by atoms with Gasteiger partial charge >= 0.3 is 0 Å². The van der Waals surface area contributed by atoms with Gasteiger partial charge < -0.3 is 13.4 Å². The van der Waals surface area contributed by atoms with Gasteiger partial charge in [0.15, 0.2) is 0 Å². The van der Waals surface area contributed by atoms with E-state index < -0.39 is 0 Å². The second kappa shape index (κ2) is 9.22. The van der Waals surface area contributed by atoms with E-state index in [1.807, 2.05) is 24.3 Å². The summed E-state index contributed by atoms with van der Waals surface area (Å²) in [7, 11) is 0. The fraction of sp³-hybridized carbons (Fsp3) is 0.